The third-order valence-corrected chi connectivity index (χ3v) is 4.02. The molecule has 0 amide bonds. The van der Waals surface area contributed by atoms with E-state index < -0.39 is 6.48 Å². The van der Waals surface area contributed by atoms with Crippen molar-refractivity contribution in [1.29, 1.82) is 0 Å². The van der Waals surface area contributed by atoms with Gasteiger partial charge in [-0.25, -0.2) is 0 Å². The molecule has 2 N–H and O–H groups in total. The van der Waals surface area contributed by atoms with E-state index in [-0.39, 0.29) is 12.0 Å². The summed E-state index contributed by atoms with van der Waals surface area (Å²) in [7, 11) is 0. The minimum Gasteiger partial charge on any atom is -0.631 e. The van der Waals surface area contributed by atoms with Crippen molar-refractivity contribution in [1.82, 2.24) is 0 Å². The minimum absolute atomic E-state index is 0.111. The van der Waals surface area contributed by atoms with Crippen molar-refractivity contribution < 1.29 is 14.7 Å². The summed E-state index contributed by atoms with van der Waals surface area (Å²) in [5, 5.41) is 2.09. The zero-order valence-electron chi connectivity index (χ0n) is 11.5. The van der Waals surface area contributed by atoms with Gasteiger partial charge in [-0.05, 0) is 5.56 Å². The molecule has 0 aromatic heterocycles. The summed E-state index contributed by atoms with van der Waals surface area (Å²) in [5.74, 6) is -0.111. The molecule has 0 aliphatic carbocycles. The molecule has 1 aliphatic rings. The van der Waals surface area contributed by atoms with E-state index in [1.807, 2.05) is 67.5 Å². The Hall–Kier alpha value is -2.07. The third kappa shape index (κ3) is 2.47. The van der Waals surface area contributed by atoms with E-state index in [1.165, 1.54) is 5.56 Å². The highest BCUT2D eigenvalue weighted by Gasteiger charge is 2.44. The van der Waals surface area contributed by atoms with Gasteiger partial charge >= 0.3 is 12.5 Å². The van der Waals surface area contributed by atoms with Crippen molar-refractivity contribution in [3.8, 4) is 0 Å². The van der Waals surface area contributed by atoms with Crippen molar-refractivity contribution in [2.75, 3.05) is 0 Å². The first kappa shape index (κ1) is 12.9. The number of quaternary nitrogens is 1. The van der Waals surface area contributed by atoms with Crippen LogP contribution in [0.15, 0.2) is 60.7 Å². The molecule has 1 heterocycles. The van der Waals surface area contributed by atoms with Crippen LogP contribution in [0.25, 0.3) is 0 Å². The molecule has 2 aromatic rings. The van der Waals surface area contributed by atoms with Crippen LogP contribution in [-0.4, -0.2) is 18.5 Å². The van der Waals surface area contributed by atoms with Gasteiger partial charge < -0.3 is 9.88 Å². The predicted octanol–water partition coefficient (Wildman–Crippen LogP) is 0.697. The van der Waals surface area contributed by atoms with Gasteiger partial charge in [0, 0.05) is 6.42 Å². The van der Waals surface area contributed by atoms with Gasteiger partial charge in [-0.15, -0.1) is 5.46 Å². The Labute approximate surface area is 118 Å². The molecule has 0 spiro atoms. The number of hydrogen-bond acceptors (Lipinski definition) is 2. The first-order valence-corrected chi connectivity index (χ1v) is 7.05. The molecule has 0 bridgehead atoms. The molecule has 20 heavy (non-hydrogen) atoms. The van der Waals surface area contributed by atoms with Crippen molar-refractivity contribution in [3.63, 3.8) is 0 Å². The van der Waals surface area contributed by atoms with Crippen LogP contribution in [0.2, 0.25) is 6.82 Å². The maximum atomic E-state index is 12.1. The summed E-state index contributed by atoms with van der Waals surface area (Å²) in [6.07, 6.45) is 0.712. The van der Waals surface area contributed by atoms with Gasteiger partial charge in [0.1, 0.15) is 6.04 Å². The molecule has 102 valence electrons. The van der Waals surface area contributed by atoms with E-state index >= 15 is 0 Å². The van der Waals surface area contributed by atoms with Crippen molar-refractivity contribution in [3.05, 3.63) is 66.2 Å². The number of nitrogens with two attached hydrogens (primary N) is 1. The molecule has 1 unspecified atom stereocenters. The number of carbonyl (C=O) groups is 1. The Morgan fingerprint density at radius 1 is 1.05 bits per heavy atom. The Morgan fingerprint density at radius 2 is 1.65 bits per heavy atom. The van der Waals surface area contributed by atoms with Crippen LogP contribution in [0, 0.1) is 0 Å². The average molecular weight is 267 g/mol. The van der Waals surface area contributed by atoms with E-state index in [1.54, 1.807) is 0 Å². The van der Waals surface area contributed by atoms with Crippen LogP contribution in [0.1, 0.15) is 5.56 Å². The van der Waals surface area contributed by atoms with Crippen LogP contribution in [0.3, 0.4) is 0 Å². The molecular formula is C16H18BNO2. The molecule has 3 rings (SSSR count). The normalized spacial score (nSPS) is 25.4. The number of hydrogen-bond donors (Lipinski definition) is 1. The summed E-state index contributed by atoms with van der Waals surface area (Å²) >= 11 is 0. The lowest BCUT2D eigenvalue weighted by atomic mass is 9.49. The maximum absolute atomic E-state index is 12.1. The molecule has 1 saturated heterocycles. The molecule has 1 fully saturated rings. The first-order chi connectivity index (χ1) is 9.67. The van der Waals surface area contributed by atoms with E-state index in [2.05, 4.69) is 5.23 Å². The lowest BCUT2D eigenvalue weighted by Crippen LogP contribution is -3.03. The highest BCUT2D eigenvalue weighted by Crippen LogP contribution is 2.10. The Morgan fingerprint density at radius 3 is 2.30 bits per heavy atom. The van der Waals surface area contributed by atoms with E-state index in [4.69, 9.17) is 4.65 Å². The molecule has 2 aromatic carbocycles. The van der Waals surface area contributed by atoms with Crippen LogP contribution in [0.4, 0.5) is 0 Å². The molecule has 3 nitrogen and oxygen atoms in total. The van der Waals surface area contributed by atoms with Crippen molar-refractivity contribution in [2.45, 2.75) is 19.3 Å². The molecule has 1 aliphatic heterocycles. The molecular weight excluding hydrogens is 249 g/mol. The smallest absolute Gasteiger partial charge is 0.409 e. The zero-order valence-corrected chi connectivity index (χ0v) is 11.5. The van der Waals surface area contributed by atoms with Crippen LogP contribution in [-0.2, 0) is 15.9 Å². The van der Waals surface area contributed by atoms with Crippen LogP contribution >= 0.6 is 0 Å². The Bertz CT molecular complexity index is 602. The second-order valence-corrected chi connectivity index (χ2v) is 5.61. The third-order valence-electron chi connectivity index (χ3n) is 4.02. The summed E-state index contributed by atoms with van der Waals surface area (Å²) in [6.45, 7) is 0.677. The summed E-state index contributed by atoms with van der Waals surface area (Å²) in [6, 6.07) is 19.9. The second-order valence-electron chi connectivity index (χ2n) is 5.61. The summed E-state index contributed by atoms with van der Waals surface area (Å²) in [5.41, 5.74) is 2.25. The predicted molar refractivity (Wildman–Crippen MR) is 79.6 cm³/mol. The summed E-state index contributed by atoms with van der Waals surface area (Å²) < 4.78 is 5.69. The quantitative estimate of drug-likeness (QED) is 0.832. The van der Waals surface area contributed by atoms with E-state index in [9.17, 15) is 4.79 Å². The summed E-state index contributed by atoms with van der Waals surface area (Å²) in [4.78, 5) is 12.1. The van der Waals surface area contributed by atoms with Crippen molar-refractivity contribution in [2.24, 2.45) is 0 Å². The van der Waals surface area contributed by atoms with Gasteiger partial charge in [-0.1, -0.05) is 67.5 Å². The van der Waals surface area contributed by atoms with Gasteiger partial charge in [0.25, 0.3) is 0 Å². The van der Waals surface area contributed by atoms with Gasteiger partial charge in [-0.2, -0.15) is 0 Å². The standard InChI is InChI=1S/C16H18BNO2/c1-17(14-10-6-3-7-11-14)18-15(16(19)20-17)12-13-8-4-2-5-9-13/h2-11,15H,12,18H2,1H3/t15-,17?/m0/s1. The van der Waals surface area contributed by atoms with Crippen LogP contribution in [0.5, 0.6) is 0 Å². The number of rotatable bonds is 3. The first-order valence-electron chi connectivity index (χ1n) is 7.05. The lowest BCUT2D eigenvalue weighted by Gasteiger charge is -2.25. The molecule has 2 atom stereocenters. The fourth-order valence-electron chi connectivity index (χ4n) is 2.92. The largest absolute Gasteiger partial charge is 0.631 e. The molecule has 0 saturated carbocycles. The van der Waals surface area contributed by atoms with Gasteiger partial charge in [0.2, 0.25) is 0 Å². The van der Waals surface area contributed by atoms with Gasteiger partial charge in [0.05, 0.1) is 0 Å². The van der Waals surface area contributed by atoms with E-state index in [0.717, 1.165) is 5.46 Å². The lowest BCUT2D eigenvalue weighted by molar-refractivity contribution is -0.550. The molecule has 4 heteroatoms. The fraction of sp³-hybridized carbons (Fsp3) is 0.188. The SMILES string of the molecule is C[B-]1(c2ccccc2)[NH2+][C@@H](Cc2ccccc2)C(=O)O1. The average Bonchev–Trinajstić information content (AvgIpc) is 2.77. The Kier molecular flexibility index (Phi) is 3.32. The fourth-order valence-corrected chi connectivity index (χ4v) is 2.92. The van der Waals surface area contributed by atoms with Crippen LogP contribution < -0.4 is 10.7 Å². The van der Waals surface area contributed by atoms with Gasteiger partial charge in [0.15, 0.2) is 0 Å². The monoisotopic (exact) mass is 267 g/mol. The zero-order chi connectivity index (χ0) is 14.0. The van der Waals surface area contributed by atoms with Gasteiger partial charge in [-0.3, -0.25) is 4.79 Å². The maximum Gasteiger partial charge on any atom is 0.409 e. The Balaban J connectivity index is 1.79. The second kappa shape index (κ2) is 5.14. The highest BCUT2D eigenvalue weighted by atomic mass is 16.5. The number of benzene rings is 2. The topological polar surface area (TPSA) is 42.9 Å². The minimum atomic E-state index is -1.33. The van der Waals surface area contributed by atoms with Crippen molar-refractivity contribution >= 4 is 17.9 Å². The highest BCUT2D eigenvalue weighted by molar-refractivity contribution is 6.79. The number of carbonyl (C=O) groups excluding carboxylic acids is 1. The molecule has 0 radical (unpaired) electrons. The van der Waals surface area contributed by atoms with E-state index in [0.29, 0.717) is 6.42 Å².